The molecule has 3 atom stereocenters. The molecule has 266 valence electrons. The third-order valence-corrected chi connectivity index (χ3v) is 9.91. The molecule has 0 saturated carbocycles. The van der Waals surface area contributed by atoms with Crippen molar-refractivity contribution >= 4 is 34.9 Å². The molecule has 3 unspecified atom stereocenters. The Kier molecular flexibility index (Phi) is 14.6. The van der Waals surface area contributed by atoms with Crippen LogP contribution < -0.4 is 25.8 Å². The molecule has 1 aliphatic rings. The van der Waals surface area contributed by atoms with E-state index >= 15 is 0 Å². The highest BCUT2D eigenvalue weighted by atomic mass is 32.2. The molecule has 49 heavy (non-hydrogen) atoms. The zero-order valence-electron chi connectivity index (χ0n) is 29.2. The van der Waals surface area contributed by atoms with Crippen LogP contribution in [0.2, 0.25) is 0 Å². The quantitative estimate of drug-likeness (QED) is 0.0738. The summed E-state index contributed by atoms with van der Waals surface area (Å²) in [5.41, 5.74) is 12.6. The molecular weight excluding hydrogens is 644 g/mol. The first-order chi connectivity index (χ1) is 23.6. The normalized spacial score (nSPS) is 16.6. The van der Waals surface area contributed by atoms with Crippen molar-refractivity contribution < 1.29 is 33.1 Å². The van der Waals surface area contributed by atoms with Gasteiger partial charge in [-0.1, -0.05) is 24.3 Å². The molecule has 1 aliphatic heterocycles. The number of fused-ring (bicyclic) bond motifs is 1. The zero-order valence-corrected chi connectivity index (χ0v) is 30.0. The van der Waals surface area contributed by atoms with Crippen LogP contribution in [0.5, 0.6) is 11.5 Å². The van der Waals surface area contributed by atoms with Gasteiger partial charge in [0.1, 0.15) is 18.1 Å². The molecule has 12 heteroatoms. The lowest BCUT2D eigenvalue weighted by atomic mass is 9.86. The van der Waals surface area contributed by atoms with E-state index in [1.54, 1.807) is 14.2 Å². The van der Waals surface area contributed by atoms with Crippen LogP contribution >= 0.6 is 0 Å². The summed E-state index contributed by atoms with van der Waals surface area (Å²) in [6, 6.07) is 15.9. The molecule has 0 aromatic heterocycles. The van der Waals surface area contributed by atoms with Crippen molar-refractivity contribution in [2.24, 2.45) is 0 Å². The molecule has 3 aromatic rings. The fourth-order valence-electron chi connectivity index (χ4n) is 5.93. The number of carbonyl (C=O) groups excluding carboxylic acids is 2. The number of ether oxygens (including phenoxy) is 4. The van der Waals surface area contributed by atoms with E-state index in [9.17, 15) is 14.1 Å². The average Bonchev–Trinajstić information content (AvgIpc) is 3.19. The first kappa shape index (κ1) is 38.0. The van der Waals surface area contributed by atoms with Crippen molar-refractivity contribution in [3.63, 3.8) is 0 Å². The Bertz CT molecular complexity index is 1560. The van der Waals surface area contributed by atoms with Crippen molar-refractivity contribution in [1.82, 2.24) is 9.62 Å². The predicted octanol–water partition coefficient (Wildman–Crippen LogP) is 4.76. The third-order valence-electron chi connectivity index (χ3n) is 8.45. The first-order valence-corrected chi connectivity index (χ1v) is 17.8. The lowest BCUT2D eigenvalue weighted by Gasteiger charge is -2.25. The largest absolute Gasteiger partial charge is 0.593 e. The Balaban J connectivity index is 1.42. The summed E-state index contributed by atoms with van der Waals surface area (Å²) in [4.78, 5) is 23.4. The Labute approximate surface area is 293 Å². The van der Waals surface area contributed by atoms with Crippen molar-refractivity contribution in [3.8, 4) is 11.5 Å². The van der Waals surface area contributed by atoms with Gasteiger partial charge in [0, 0.05) is 39.5 Å². The highest BCUT2D eigenvalue weighted by molar-refractivity contribution is 7.89. The second-order valence-electron chi connectivity index (χ2n) is 12.2. The summed E-state index contributed by atoms with van der Waals surface area (Å²) in [5.74, 6) is 0.963. The number of aldehydes is 1. The minimum Gasteiger partial charge on any atom is -0.593 e. The van der Waals surface area contributed by atoms with Gasteiger partial charge in [0.15, 0.2) is 5.75 Å². The second-order valence-corrected chi connectivity index (χ2v) is 13.6. The molecule has 4 rings (SSSR count). The summed E-state index contributed by atoms with van der Waals surface area (Å²) in [6.07, 6.45) is 2.65. The average molecular weight is 695 g/mol. The molecule has 0 aliphatic carbocycles. The van der Waals surface area contributed by atoms with Crippen LogP contribution in [0, 0.1) is 6.92 Å². The fraction of sp³-hybridized carbons (Fsp3) is 0.459. The topological polar surface area (TPSA) is 147 Å². The smallest absolute Gasteiger partial charge is 0.216 e. The molecule has 0 radical (unpaired) electrons. The summed E-state index contributed by atoms with van der Waals surface area (Å²) in [7, 11) is 3.38. The number of nitrogens with one attached hydrogen (secondary N) is 2. The van der Waals surface area contributed by atoms with E-state index < -0.39 is 11.4 Å². The third kappa shape index (κ3) is 10.6. The van der Waals surface area contributed by atoms with Crippen molar-refractivity contribution in [3.05, 3.63) is 76.3 Å². The number of anilines is 2. The number of rotatable bonds is 18. The lowest BCUT2D eigenvalue weighted by molar-refractivity contribution is -0.119. The van der Waals surface area contributed by atoms with Crippen LogP contribution in [0.25, 0.3) is 0 Å². The van der Waals surface area contributed by atoms with Gasteiger partial charge in [0.2, 0.25) is 10.8 Å². The summed E-state index contributed by atoms with van der Waals surface area (Å²) in [5, 5.41) is 5.77. The highest BCUT2D eigenvalue weighted by Gasteiger charge is 2.33. The monoisotopic (exact) mass is 694 g/mol. The maximum atomic E-state index is 14.0. The molecule has 11 nitrogen and oxygen atoms in total. The molecule has 0 saturated heterocycles. The number of nitrogens with zero attached hydrogens (tertiary/aromatic N) is 1. The van der Waals surface area contributed by atoms with E-state index in [1.807, 2.05) is 54.6 Å². The van der Waals surface area contributed by atoms with Crippen LogP contribution in [0.15, 0.2) is 53.4 Å². The molecule has 3 aromatic carbocycles. The summed E-state index contributed by atoms with van der Waals surface area (Å²) < 4.78 is 39.0. The van der Waals surface area contributed by atoms with Gasteiger partial charge in [-0.2, -0.15) is 0 Å². The van der Waals surface area contributed by atoms with E-state index in [2.05, 4.69) is 22.8 Å². The van der Waals surface area contributed by atoms with Crippen LogP contribution in [-0.4, -0.2) is 80.8 Å². The van der Waals surface area contributed by atoms with Crippen molar-refractivity contribution in [1.29, 1.82) is 0 Å². The Hall–Kier alpha value is -3.81. The Morgan fingerprint density at radius 1 is 1.12 bits per heavy atom. The van der Waals surface area contributed by atoms with Crippen LogP contribution in [0.3, 0.4) is 0 Å². The van der Waals surface area contributed by atoms with Gasteiger partial charge in [0.25, 0.3) is 0 Å². The Morgan fingerprint density at radius 3 is 2.61 bits per heavy atom. The van der Waals surface area contributed by atoms with Crippen molar-refractivity contribution in [2.45, 2.75) is 63.5 Å². The molecule has 0 spiro atoms. The van der Waals surface area contributed by atoms with E-state index in [0.29, 0.717) is 73.8 Å². The molecule has 0 fully saturated rings. The van der Waals surface area contributed by atoms with Gasteiger partial charge in [-0.15, -0.1) is 4.31 Å². The number of amides is 1. The summed E-state index contributed by atoms with van der Waals surface area (Å²) >= 11 is -1.44. The van der Waals surface area contributed by atoms with Crippen LogP contribution in [0.4, 0.5) is 11.4 Å². The Morgan fingerprint density at radius 2 is 1.90 bits per heavy atom. The zero-order chi connectivity index (χ0) is 35.3. The standard InChI is InChI=1S/C37H50N4O7S/c1-25-8-10-29(32(12-14-42)30-21-33(38)37(39-4)35(22-30)45-5)20-31(25)24-41-23-26(2)48-34-19-28(9-11-36(34)49(41)44)7-6-15-46-17-18-47-16-13-40-27(3)43/h8-11,14,19-22,26,32,39H,6-7,12-13,15-18,23-24,38H2,1-5H3,(H,40,43). The van der Waals surface area contributed by atoms with E-state index in [1.165, 1.54) is 6.92 Å². The van der Waals surface area contributed by atoms with Gasteiger partial charge >= 0.3 is 0 Å². The number of hydrogen-bond acceptors (Lipinski definition) is 10. The summed E-state index contributed by atoms with van der Waals surface area (Å²) in [6.45, 7) is 8.97. The SMILES string of the molecule is CNc1c(N)cc(C(CC=O)c2ccc(C)c(CN3CC(C)Oc4cc(CCCOCCOCCNC(C)=O)ccc4[S+]3[O-])c2)cc1OC. The van der Waals surface area contributed by atoms with E-state index in [4.69, 9.17) is 24.7 Å². The van der Waals surface area contributed by atoms with Gasteiger partial charge in [0.05, 0.1) is 62.8 Å². The van der Waals surface area contributed by atoms with Crippen molar-refractivity contribution in [2.75, 3.05) is 64.7 Å². The maximum absolute atomic E-state index is 14.0. The molecule has 1 amide bonds. The van der Waals surface area contributed by atoms with Crippen LogP contribution in [-0.2, 0) is 43.4 Å². The van der Waals surface area contributed by atoms with E-state index in [-0.39, 0.29) is 24.3 Å². The molecule has 4 N–H and O–H groups in total. The molecule has 1 heterocycles. The number of hydrogen-bond donors (Lipinski definition) is 3. The fourth-order valence-corrected chi connectivity index (χ4v) is 7.28. The number of nitrogen functional groups attached to an aromatic ring is 1. The number of methoxy groups -OCH3 is 1. The van der Waals surface area contributed by atoms with Gasteiger partial charge < -0.3 is 44.7 Å². The van der Waals surface area contributed by atoms with Gasteiger partial charge in [-0.3, -0.25) is 4.79 Å². The van der Waals surface area contributed by atoms with Crippen LogP contribution in [0.1, 0.15) is 60.4 Å². The molecule has 0 bridgehead atoms. The number of aryl methyl sites for hydroxylation is 2. The number of benzene rings is 3. The highest BCUT2D eigenvalue weighted by Crippen LogP contribution is 2.39. The van der Waals surface area contributed by atoms with Gasteiger partial charge in [-0.25, -0.2) is 0 Å². The molecular formula is C37H50N4O7S. The number of nitrogens with two attached hydrogens (primary N) is 1. The predicted molar refractivity (Wildman–Crippen MR) is 193 cm³/mol. The minimum absolute atomic E-state index is 0.0692. The van der Waals surface area contributed by atoms with E-state index in [0.717, 1.165) is 46.9 Å². The lowest BCUT2D eigenvalue weighted by Crippen LogP contribution is -2.35. The number of carbonyl (C=O) groups is 2. The first-order valence-electron chi connectivity index (χ1n) is 16.7. The maximum Gasteiger partial charge on any atom is 0.216 e. The minimum atomic E-state index is -1.44. The van der Waals surface area contributed by atoms with Gasteiger partial charge in [-0.05, 0) is 78.8 Å². The second kappa shape index (κ2) is 18.8.